The molecule has 1 aromatic rings. The van der Waals surface area contributed by atoms with Crippen molar-refractivity contribution in [2.45, 2.75) is 4.90 Å². The predicted molar refractivity (Wildman–Crippen MR) is 44.8 cm³/mol. The number of halogens is 1. The summed E-state index contributed by atoms with van der Waals surface area (Å²) < 4.78 is 31.8. The van der Waals surface area contributed by atoms with Gasteiger partial charge in [0.1, 0.15) is 10.1 Å². The maximum Gasteiger partial charge on any atom is 0.151 e. The van der Waals surface area contributed by atoms with E-state index in [9.17, 15) is 17.8 Å². The van der Waals surface area contributed by atoms with Crippen molar-refractivity contribution in [3.05, 3.63) is 28.8 Å². The van der Waals surface area contributed by atoms with Crippen LogP contribution in [0.5, 0.6) is 0 Å². The van der Waals surface area contributed by atoms with E-state index in [2.05, 4.69) is 0 Å². The number of rotatable bonds is 2. The second-order valence-corrected chi connectivity index (χ2v) is 4.04. The third kappa shape index (κ3) is 2.27. The molecule has 13 heavy (non-hydrogen) atoms. The molecule has 6 heteroatoms. The van der Waals surface area contributed by atoms with E-state index in [1.807, 2.05) is 0 Å². The summed E-state index contributed by atoms with van der Waals surface area (Å²) >= 11 is 5.46. The minimum atomic E-state index is -4.63. The summed E-state index contributed by atoms with van der Waals surface area (Å²) in [5.41, 5.74) is -0.181. The van der Waals surface area contributed by atoms with E-state index in [4.69, 9.17) is 11.6 Å². The minimum absolute atomic E-state index is 0.0972. The Morgan fingerprint density at radius 2 is 2.00 bits per heavy atom. The molecule has 1 aromatic carbocycles. The van der Waals surface area contributed by atoms with E-state index in [1.165, 1.54) is 12.1 Å². The van der Waals surface area contributed by atoms with Crippen LogP contribution in [0.4, 0.5) is 0 Å². The summed E-state index contributed by atoms with van der Waals surface area (Å²) in [5, 5.41) is 0.0972. The monoisotopic (exact) mass is 219 g/mol. The summed E-state index contributed by atoms with van der Waals surface area (Å²) in [7, 11) is -4.63. The Bertz CT molecular complexity index is 438. The third-order valence-electron chi connectivity index (χ3n) is 1.37. The number of hydrogen-bond donors (Lipinski definition) is 0. The Labute approximate surface area is 79.9 Å². The predicted octanol–water partition coefficient (Wildman–Crippen LogP) is 1.06. The zero-order chi connectivity index (χ0) is 10.1. The molecule has 70 valence electrons. The Balaban J connectivity index is 3.50. The van der Waals surface area contributed by atoms with Crippen LogP contribution in [0.25, 0.3) is 0 Å². The number of benzene rings is 1. The highest BCUT2D eigenvalue weighted by Crippen LogP contribution is 2.18. The molecule has 0 unspecified atom stereocenters. The van der Waals surface area contributed by atoms with E-state index in [0.29, 0.717) is 6.29 Å². The smallest absolute Gasteiger partial charge is 0.151 e. The lowest BCUT2D eigenvalue weighted by Gasteiger charge is -2.09. The van der Waals surface area contributed by atoms with Gasteiger partial charge in [-0.25, -0.2) is 8.42 Å². The standard InChI is InChI=1S/C7H5ClO4S/c8-6-2-1-5(4-9)7(3-6)13(10,11)12/h1-4H,(H,10,11,12)/p-1. The molecule has 0 aliphatic rings. The topological polar surface area (TPSA) is 74.3 Å². The molecule has 0 saturated carbocycles. The van der Waals surface area contributed by atoms with E-state index in [0.717, 1.165) is 6.07 Å². The van der Waals surface area contributed by atoms with Gasteiger partial charge < -0.3 is 4.55 Å². The lowest BCUT2D eigenvalue weighted by molar-refractivity contribution is 0.112. The number of carbonyl (C=O) groups is 1. The first-order valence-corrected chi connectivity index (χ1v) is 4.94. The Hall–Kier alpha value is -0.910. The molecular formula is C7H4ClO4S-. The molecular weight excluding hydrogens is 216 g/mol. The van der Waals surface area contributed by atoms with Crippen molar-refractivity contribution in [1.29, 1.82) is 0 Å². The Kier molecular flexibility index (Phi) is 2.70. The van der Waals surface area contributed by atoms with Gasteiger partial charge in [0.05, 0.1) is 4.90 Å². The van der Waals surface area contributed by atoms with Crippen LogP contribution in [0.3, 0.4) is 0 Å². The molecule has 0 aliphatic heterocycles. The van der Waals surface area contributed by atoms with Gasteiger partial charge in [0, 0.05) is 10.6 Å². The lowest BCUT2D eigenvalue weighted by Crippen LogP contribution is -2.02. The van der Waals surface area contributed by atoms with Crippen LogP contribution < -0.4 is 0 Å². The molecule has 0 N–H and O–H groups in total. The zero-order valence-electron chi connectivity index (χ0n) is 6.23. The van der Waals surface area contributed by atoms with Crippen LogP contribution in [0.1, 0.15) is 10.4 Å². The molecule has 4 nitrogen and oxygen atoms in total. The molecule has 0 aromatic heterocycles. The highest BCUT2D eigenvalue weighted by Gasteiger charge is 2.08. The summed E-state index contributed by atoms with van der Waals surface area (Å²) in [6.45, 7) is 0. The first-order chi connectivity index (χ1) is 5.95. The molecule has 0 bridgehead atoms. The van der Waals surface area contributed by atoms with Crippen LogP contribution in [0.2, 0.25) is 5.02 Å². The van der Waals surface area contributed by atoms with Crippen molar-refractivity contribution >= 4 is 28.0 Å². The van der Waals surface area contributed by atoms with Crippen LogP contribution in [0.15, 0.2) is 23.1 Å². The minimum Gasteiger partial charge on any atom is -0.744 e. The van der Waals surface area contributed by atoms with Gasteiger partial charge in [-0.15, -0.1) is 0 Å². The summed E-state index contributed by atoms with van der Waals surface area (Å²) in [6, 6.07) is 3.47. The van der Waals surface area contributed by atoms with E-state index in [1.54, 1.807) is 0 Å². The number of aldehydes is 1. The first kappa shape index (κ1) is 10.2. The quantitative estimate of drug-likeness (QED) is 0.551. The van der Waals surface area contributed by atoms with Gasteiger partial charge in [-0.1, -0.05) is 11.6 Å². The molecule has 0 fully saturated rings. The third-order valence-corrected chi connectivity index (χ3v) is 2.50. The van der Waals surface area contributed by atoms with Gasteiger partial charge in [0.25, 0.3) is 0 Å². The van der Waals surface area contributed by atoms with Crippen molar-refractivity contribution in [3.63, 3.8) is 0 Å². The molecule has 0 amide bonds. The van der Waals surface area contributed by atoms with Gasteiger partial charge in [-0.05, 0) is 18.2 Å². The molecule has 0 spiro atoms. The Morgan fingerprint density at radius 1 is 1.38 bits per heavy atom. The van der Waals surface area contributed by atoms with Crippen LogP contribution in [-0.2, 0) is 10.1 Å². The highest BCUT2D eigenvalue weighted by molar-refractivity contribution is 7.85. The lowest BCUT2D eigenvalue weighted by atomic mass is 10.2. The summed E-state index contributed by atoms with van der Waals surface area (Å²) in [5.74, 6) is 0. The van der Waals surface area contributed by atoms with Crippen molar-refractivity contribution in [3.8, 4) is 0 Å². The first-order valence-electron chi connectivity index (χ1n) is 3.16. The van der Waals surface area contributed by atoms with Crippen LogP contribution in [-0.4, -0.2) is 19.3 Å². The molecule has 0 saturated heterocycles. The average Bonchev–Trinajstić information content (AvgIpc) is 2.03. The second kappa shape index (κ2) is 3.45. The fourth-order valence-electron chi connectivity index (χ4n) is 0.822. The largest absolute Gasteiger partial charge is 0.744 e. The Morgan fingerprint density at radius 3 is 2.46 bits per heavy atom. The molecule has 0 heterocycles. The van der Waals surface area contributed by atoms with Gasteiger partial charge >= 0.3 is 0 Å². The van der Waals surface area contributed by atoms with Crippen molar-refractivity contribution in [2.75, 3.05) is 0 Å². The molecule has 0 radical (unpaired) electrons. The number of carbonyl (C=O) groups excluding carboxylic acids is 1. The fourth-order valence-corrected chi connectivity index (χ4v) is 1.74. The SMILES string of the molecule is O=Cc1ccc(Cl)cc1S(=O)(=O)[O-]. The number of hydrogen-bond acceptors (Lipinski definition) is 4. The van der Waals surface area contributed by atoms with Gasteiger partial charge in [-0.2, -0.15) is 0 Å². The van der Waals surface area contributed by atoms with Gasteiger partial charge in [-0.3, -0.25) is 4.79 Å². The summed E-state index contributed by atoms with van der Waals surface area (Å²) in [4.78, 5) is 9.75. The zero-order valence-corrected chi connectivity index (χ0v) is 7.80. The normalized spacial score (nSPS) is 11.2. The van der Waals surface area contributed by atoms with Gasteiger partial charge in [0.2, 0.25) is 0 Å². The van der Waals surface area contributed by atoms with Crippen molar-refractivity contribution in [2.24, 2.45) is 0 Å². The van der Waals surface area contributed by atoms with Crippen LogP contribution in [0, 0.1) is 0 Å². The maximum absolute atomic E-state index is 10.6. The van der Waals surface area contributed by atoms with Gasteiger partial charge in [0.15, 0.2) is 6.29 Å². The van der Waals surface area contributed by atoms with E-state index >= 15 is 0 Å². The van der Waals surface area contributed by atoms with E-state index in [-0.39, 0.29) is 10.6 Å². The maximum atomic E-state index is 10.6. The molecule has 0 atom stereocenters. The highest BCUT2D eigenvalue weighted by atomic mass is 35.5. The average molecular weight is 220 g/mol. The molecule has 0 aliphatic carbocycles. The van der Waals surface area contributed by atoms with Crippen LogP contribution >= 0.6 is 11.6 Å². The second-order valence-electron chi connectivity index (χ2n) is 2.25. The summed E-state index contributed by atoms with van der Waals surface area (Å²) in [6.07, 6.45) is 0.293. The van der Waals surface area contributed by atoms with Crippen molar-refractivity contribution in [1.82, 2.24) is 0 Å². The fraction of sp³-hybridized carbons (Fsp3) is 0. The van der Waals surface area contributed by atoms with E-state index < -0.39 is 15.0 Å². The molecule has 1 rings (SSSR count). The van der Waals surface area contributed by atoms with Crippen molar-refractivity contribution < 1.29 is 17.8 Å².